The van der Waals surface area contributed by atoms with Crippen LogP contribution in [0.25, 0.3) is 0 Å². The number of nitrogens with one attached hydrogen (secondary N) is 1. The van der Waals surface area contributed by atoms with E-state index in [9.17, 15) is 9.59 Å². The topological polar surface area (TPSA) is 88.4 Å². The van der Waals surface area contributed by atoms with Gasteiger partial charge in [-0.1, -0.05) is 12.2 Å². The van der Waals surface area contributed by atoms with Crippen molar-refractivity contribution >= 4 is 12.1 Å². The fourth-order valence-electron chi connectivity index (χ4n) is 1.36. The van der Waals surface area contributed by atoms with Crippen LogP contribution >= 0.6 is 0 Å². The highest BCUT2D eigenvalue weighted by Crippen LogP contribution is 2.13. The van der Waals surface area contributed by atoms with Gasteiger partial charge >= 0.3 is 12.1 Å². The summed E-state index contributed by atoms with van der Waals surface area (Å²) < 4.78 is 9.79. The van der Waals surface area contributed by atoms with E-state index in [1.54, 1.807) is 26.8 Å². The predicted molar refractivity (Wildman–Crippen MR) is 73.8 cm³/mol. The monoisotopic (exact) mass is 282 g/mol. The minimum atomic E-state index is -1.33. The van der Waals surface area contributed by atoms with E-state index in [-0.39, 0.29) is 0 Å². The number of hydrogen-bond donors (Lipinski definition) is 1. The third-order valence-corrected chi connectivity index (χ3v) is 2.24. The molecule has 0 rings (SSSR count). The van der Waals surface area contributed by atoms with Crippen molar-refractivity contribution in [2.75, 3.05) is 7.11 Å². The molecule has 20 heavy (non-hydrogen) atoms. The maximum absolute atomic E-state index is 11.8. The van der Waals surface area contributed by atoms with E-state index in [0.717, 1.165) is 0 Å². The number of nitriles is 1. The first-order chi connectivity index (χ1) is 9.14. The Hall–Kier alpha value is -2.03. The highest BCUT2D eigenvalue weighted by Gasteiger charge is 2.34. The zero-order valence-corrected chi connectivity index (χ0v) is 12.6. The van der Waals surface area contributed by atoms with Crippen LogP contribution in [0.2, 0.25) is 0 Å². The third-order valence-electron chi connectivity index (χ3n) is 2.24. The third kappa shape index (κ3) is 6.78. The van der Waals surface area contributed by atoms with Gasteiger partial charge in [-0.25, -0.2) is 9.59 Å². The summed E-state index contributed by atoms with van der Waals surface area (Å²) >= 11 is 0. The number of nitrogens with zero attached hydrogens (tertiary/aromatic N) is 1. The lowest BCUT2D eigenvalue weighted by Crippen LogP contribution is -2.52. The fraction of sp³-hybridized carbons (Fsp3) is 0.643. The number of methoxy groups -OCH3 is 1. The zero-order chi connectivity index (χ0) is 15.8. The van der Waals surface area contributed by atoms with Gasteiger partial charge in [0.2, 0.25) is 0 Å². The number of allylic oxidation sites excluding steroid dienone is 1. The molecule has 1 unspecified atom stereocenters. The van der Waals surface area contributed by atoms with Crippen molar-refractivity contribution in [3.05, 3.63) is 12.2 Å². The molecule has 0 saturated heterocycles. The molecule has 112 valence electrons. The molecule has 0 radical (unpaired) electrons. The minimum Gasteiger partial charge on any atom is -0.467 e. The maximum atomic E-state index is 11.8. The average Bonchev–Trinajstić information content (AvgIpc) is 2.31. The summed E-state index contributed by atoms with van der Waals surface area (Å²) in [6.45, 7) is 6.69. The molecule has 0 aliphatic heterocycles. The van der Waals surface area contributed by atoms with Crippen molar-refractivity contribution < 1.29 is 19.1 Å². The van der Waals surface area contributed by atoms with E-state index in [0.29, 0.717) is 12.8 Å². The molecule has 6 heteroatoms. The molecule has 6 nitrogen and oxygen atoms in total. The number of carbonyl (C=O) groups excluding carboxylic acids is 2. The van der Waals surface area contributed by atoms with Crippen molar-refractivity contribution in [2.24, 2.45) is 0 Å². The van der Waals surface area contributed by atoms with Crippen molar-refractivity contribution in [3.8, 4) is 6.07 Å². The SMILES string of the molecule is COC(=O)C(C)(/C=C/CCC#N)NC(=O)OC(C)(C)C. The fourth-order valence-corrected chi connectivity index (χ4v) is 1.36. The Balaban J connectivity index is 4.88. The van der Waals surface area contributed by atoms with Crippen LogP contribution < -0.4 is 5.32 Å². The molecule has 1 amide bonds. The van der Waals surface area contributed by atoms with Crippen LogP contribution in [-0.2, 0) is 14.3 Å². The number of amides is 1. The van der Waals surface area contributed by atoms with E-state index in [1.165, 1.54) is 20.1 Å². The first kappa shape index (κ1) is 18.0. The molecule has 1 atom stereocenters. The first-order valence-electron chi connectivity index (χ1n) is 6.29. The van der Waals surface area contributed by atoms with Gasteiger partial charge in [-0.3, -0.25) is 0 Å². The molecule has 0 fully saturated rings. The second-order valence-electron chi connectivity index (χ2n) is 5.42. The van der Waals surface area contributed by atoms with Crippen LogP contribution in [0.4, 0.5) is 4.79 Å². The molecule has 0 aliphatic carbocycles. The second-order valence-corrected chi connectivity index (χ2v) is 5.42. The normalized spacial score (nSPS) is 14.2. The van der Waals surface area contributed by atoms with E-state index < -0.39 is 23.2 Å². The highest BCUT2D eigenvalue weighted by molar-refractivity contribution is 5.87. The van der Waals surface area contributed by atoms with Gasteiger partial charge in [0.1, 0.15) is 5.60 Å². The van der Waals surface area contributed by atoms with Crippen molar-refractivity contribution in [2.45, 2.75) is 51.7 Å². The van der Waals surface area contributed by atoms with E-state index in [1.807, 2.05) is 6.07 Å². The zero-order valence-electron chi connectivity index (χ0n) is 12.6. The van der Waals surface area contributed by atoms with E-state index >= 15 is 0 Å². The van der Waals surface area contributed by atoms with Gasteiger partial charge in [0.15, 0.2) is 5.54 Å². The summed E-state index contributed by atoms with van der Waals surface area (Å²) in [6, 6.07) is 1.99. The van der Waals surface area contributed by atoms with Crippen LogP contribution in [0.15, 0.2) is 12.2 Å². The molecule has 0 aromatic carbocycles. The molecule has 0 bridgehead atoms. The Kier molecular flexibility index (Phi) is 6.77. The molecule has 1 N–H and O–H groups in total. The van der Waals surface area contributed by atoms with Gasteiger partial charge in [-0.2, -0.15) is 5.26 Å². The largest absolute Gasteiger partial charge is 0.467 e. The summed E-state index contributed by atoms with van der Waals surface area (Å²) in [7, 11) is 1.24. The molecule has 0 aromatic rings. The number of esters is 1. The van der Waals surface area contributed by atoms with Gasteiger partial charge in [0.05, 0.1) is 13.2 Å². The molecule has 0 aliphatic rings. The average molecular weight is 282 g/mol. The number of alkyl carbamates (subject to hydrolysis) is 1. The lowest BCUT2D eigenvalue weighted by atomic mass is 10.0. The standard InChI is InChI=1S/C14H22N2O4/c1-13(2,3)20-12(18)16-14(4,11(17)19-5)9-7-6-8-10-15/h7,9H,6,8H2,1-5H3,(H,16,18)/b9-7+. The van der Waals surface area contributed by atoms with Crippen LogP contribution in [0.5, 0.6) is 0 Å². The molecular formula is C14H22N2O4. The van der Waals surface area contributed by atoms with Crippen molar-refractivity contribution in [1.82, 2.24) is 5.32 Å². The first-order valence-corrected chi connectivity index (χ1v) is 6.29. The van der Waals surface area contributed by atoms with Crippen molar-refractivity contribution in [1.29, 1.82) is 5.26 Å². The maximum Gasteiger partial charge on any atom is 0.408 e. The van der Waals surface area contributed by atoms with Crippen LogP contribution in [0.1, 0.15) is 40.5 Å². The molecule has 0 heterocycles. The summed E-state index contributed by atoms with van der Waals surface area (Å²) in [5.41, 5.74) is -1.99. The number of carbonyl (C=O) groups is 2. The summed E-state index contributed by atoms with van der Waals surface area (Å²) in [4.78, 5) is 23.5. The van der Waals surface area contributed by atoms with Crippen molar-refractivity contribution in [3.63, 3.8) is 0 Å². The number of unbranched alkanes of at least 4 members (excludes halogenated alkanes) is 1. The Morgan fingerprint density at radius 2 is 1.90 bits per heavy atom. The van der Waals surface area contributed by atoms with Crippen LogP contribution in [0.3, 0.4) is 0 Å². The Morgan fingerprint density at radius 3 is 2.35 bits per heavy atom. The Bertz CT molecular complexity index is 418. The lowest BCUT2D eigenvalue weighted by Gasteiger charge is -2.27. The summed E-state index contributed by atoms with van der Waals surface area (Å²) in [5, 5.41) is 10.9. The molecule has 0 spiro atoms. The second kappa shape index (κ2) is 7.53. The molecular weight excluding hydrogens is 260 g/mol. The van der Waals surface area contributed by atoms with Crippen LogP contribution in [0, 0.1) is 11.3 Å². The van der Waals surface area contributed by atoms with Crippen LogP contribution in [-0.4, -0.2) is 30.3 Å². The van der Waals surface area contributed by atoms with E-state index in [2.05, 4.69) is 10.1 Å². The van der Waals surface area contributed by atoms with Gasteiger partial charge < -0.3 is 14.8 Å². The smallest absolute Gasteiger partial charge is 0.408 e. The Morgan fingerprint density at radius 1 is 1.30 bits per heavy atom. The predicted octanol–water partition coefficient (Wildman–Crippen LogP) is 2.30. The highest BCUT2D eigenvalue weighted by atomic mass is 16.6. The molecule has 0 aromatic heterocycles. The molecule has 0 saturated carbocycles. The number of ether oxygens (including phenoxy) is 2. The summed E-state index contributed by atoms with van der Waals surface area (Å²) in [5.74, 6) is -0.614. The van der Waals surface area contributed by atoms with E-state index in [4.69, 9.17) is 10.00 Å². The number of hydrogen-bond acceptors (Lipinski definition) is 5. The van der Waals surface area contributed by atoms with Gasteiger partial charge in [0, 0.05) is 6.42 Å². The number of rotatable bonds is 5. The Labute approximate surface area is 119 Å². The minimum absolute atomic E-state index is 0.334. The quantitative estimate of drug-likeness (QED) is 0.475. The van der Waals surface area contributed by atoms with Gasteiger partial charge in [-0.05, 0) is 34.1 Å². The van der Waals surface area contributed by atoms with Gasteiger partial charge in [-0.15, -0.1) is 0 Å². The summed E-state index contributed by atoms with van der Waals surface area (Å²) in [6.07, 6.45) is 3.26. The lowest BCUT2D eigenvalue weighted by molar-refractivity contribution is -0.145. The van der Waals surface area contributed by atoms with Gasteiger partial charge in [0.25, 0.3) is 0 Å².